The van der Waals surface area contributed by atoms with Crippen LogP contribution in [0, 0.1) is 5.92 Å². The lowest BCUT2D eigenvalue weighted by atomic mass is 10.1. The van der Waals surface area contributed by atoms with Gasteiger partial charge in [0.1, 0.15) is 12.0 Å². The van der Waals surface area contributed by atoms with Crippen LogP contribution in [0.4, 0.5) is 5.69 Å². The number of anilines is 1. The maximum atomic E-state index is 12.5. The molecular formula is C15H16Cl2N2O4. The van der Waals surface area contributed by atoms with Crippen LogP contribution in [0.5, 0.6) is 0 Å². The van der Waals surface area contributed by atoms with Crippen molar-refractivity contribution >= 4 is 46.7 Å². The van der Waals surface area contributed by atoms with E-state index in [1.807, 2.05) is 0 Å². The van der Waals surface area contributed by atoms with Crippen molar-refractivity contribution in [2.45, 2.75) is 19.4 Å². The van der Waals surface area contributed by atoms with Gasteiger partial charge >= 0.3 is 5.97 Å². The number of halogens is 2. The van der Waals surface area contributed by atoms with Gasteiger partial charge in [0.2, 0.25) is 11.8 Å². The number of nitrogens with zero attached hydrogens (tertiary/aromatic N) is 2. The van der Waals surface area contributed by atoms with Crippen LogP contribution in [0.2, 0.25) is 10.0 Å². The lowest BCUT2D eigenvalue weighted by Gasteiger charge is -2.24. The van der Waals surface area contributed by atoms with E-state index in [1.54, 1.807) is 18.2 Å². The fourth-order valence-corrected chi connectivity index (χ4v) is 2.98. The fourth-order valence-electron chi connectivity index (χ4n) is 2.46. The molecular weight excluding hydrogens is 343 g/mol. The summed E-state index contributed by atoms with van der Waals surface area (Å²) < 4.78 is 0. The van der Waals surface area contributed by atoms with Gasteiger partial charge in [-0.05, 0) is 31.5 Å². The summed E-state index contributed by atoms with van der Waals surface area (Å²) >= 11 is 11.9. The van der Waals surface area contributed by atoms with Crippen LogP contribution < -0.4 is 4.90 Å². The first-order valence-electron chi connectivity index (χ1n) is 6.99. The zero-order chi connectivity index (χ0) is 17.3. The van der Waals surface area contributed by atoms with Gasteiger partial charge in [0, 0.05) is 29.3 Å². The molecule has 1 aliphatic heterocycles. The normalized spacial score (nSPS) is 18.9. The largest absolute Gasteiger partial charge is 0.480 e. The number of carboxylic acid groups (broad SMARTS) is 1. The number of carbonyl (C=O) groups excluding carboxylic acids is 2. The molecule has 0 spiro atoms. The van der Waals surface area contributed by atoms with Crippen molar-refractivity contribution in [3.8, 4) is 0 Å². The molecule has 1 N–H and O–H groups in total. The molecule has 0 bridgehead atoms. The van der Waals surface area contributed by atoms with Gasteiger partial charge in [0.05, 0.1) is 0 Å². The highest BCUT2D eigenvalue weighted by Crippen LogP contribution is 2.31. The standard InChI is InChI=1S/C15H16Cl2N2O4/c1-8(15(22)23)18(2)13(20)12-3-4-19(14(12)21)11-6-9(16)5-10(17)7-11/h5-8,12H,3-4H2,1-2H3,(H,22,23)/t8-,12-/m0/s1. The minimum absolute atomic E-state index is 0.318. The minimum atomic E-state index is -1.12. The maximum absolute atomic E-state index is 12.5. The molecule has 0 saturated carbocycles. The lowest BCUT2D eigenvalue weighted by molar-refractivity contribution is -0.151. The molecule has 0 aromatic heterocycles. The molecule has 0 unspecified atom stereocenters. The summed E-state index contributed by atoms with van der Waals surface area (Å²) in [5.74, 6) is -2.89. The Labute approximate surface area is 143 Å². The zero-order valence-electron chi connectivity index (χ0n) is 12.6. The predicted octanol–water partition coefficient (Wildman–Crippen LogP) is 2.28. The van der Waals surface area contributed by atoms with Crippen molar-refractivity contribution in [3.63, 3.8) is 0 Å². The Morgan fingerprint density at radius 2 is 1.87 bits per heavy atom. The van der Waals surface area contributed by atoms with E-state index >= 15 is 0 Å². The average Bonchev–Trinajstić information content (AvgIpc) is 2.85. The van der Waals surface area contributed by atoms with Gasteiger partial charge in [-0.25, -0.2) is 4.79 Å². The Hall–Kier alpha value is -1.79. The molecule has 2 atom stereocenters. The number of benzene rings is 1. The summed E-state index contributed by atoms with van der Waals surface area (Å²) in [5.41, 5.74) is 0.525. The van der Waals surface area contributed by atoms with Gasteiger partial charge in [0.25, 0.3) is 0 Å². The average molecular weight is 359 g/mol. The zero-order valence-corrected chi connectivity index (χ0v) is 14.1. The van der Waals surface area contributed by atoms with Crippen molar-refractivity contribution in [1.29, 1.82) is 0 Å². The second kappa shape index (κ2) is 6.76. The van der Waals surface area contributed by atoms with E-state index in [9.17, 15) is 14.4 Å². The minimum Gasteiger partial charge on any atom is -0.480 e. The summed E-state index contributed by atoms with van der Waals surface area (Å²) in [7, 11) is 1.38. The van der Waals surface area contributed by atoms with Crippen molar-refractivity contribution in [2.24, 2.45) is 5.92 Å². The Balaban J connectivity index is 2.18. The fraction of sp³-hybridized carbons (Fsp3) is 0.400. The Bertz CT molecular complexity index is 645. The summed E-state index contributed by atoms with van der Waals surface area (Å²) in [6, 6.07) is 3.76. The Morgan fingerprint density at radius 3 is 2.39 bits per heavy atom. The lowest BCUT2D eigenvalue weighted by Crippen LogP contribution is -2.45. The number of carbonyl (C=O) groups is 3. The van der Waals surface area contributed by atoms with Crippen molar-refractivity contribution in [2.75, 3.05) is 18.5 Å². The number of hydrogen-bond acceptors (Lipinski definition) is 3. The van der Waals surface area contributed by atoms with Gasteiger partial charge in [-0.1, -0.05) is 23.2 Å². The van der Waals surface area contributed by atoms with Crippen LogP contribution in [0.25, 0.3) is 0 Å². The maximum Gasteiger partial charge on any atom is 0.326 e. The smallest absolute Gasteiger partial charge is 0.326 e. The van der Waals surface area contributed by atoms with Crippen LogP contribution in [0.1, 0.15) is 13.3 Å². The number of hydrogen-bond donors (Lipinski definition) is 1. The summed E-state index contributed by atoms with van der Waals surface area (Å²) in [6.07, 6.45) is 0.318. The molecule has 0 radical (unpaired) electrons. The molecule has 1 saturated heterocycles. The number of likely N-dealkylation sites (N-methyl/N-ethyl adjacent to an activating group) is 1. The molecule has 23 heavy (non-hydrogen) atoms. The highest BCUT2D eigenvalue weighted by atomic mass is 35.5. The SMILES string of the molecule is C[C@@H](C(=O)O)N(C)C(=O)[C@@H]1CCN(c2cc(Cl)cc(Cl)c2)C1=O. The van der Waals surface area contributed by atoms with E-state index in [4.69, 9.17) is 28.3 Å². The highest BCUT2D eigenvalue weighted by molar-refractivity contribution is 6.35. The quantitative estimate of drug-likeness (QED) is 0.837. The van der Waals surface area contributed by atoms with E-state index in [2.05, 4.69) is 0 Å². The second-order valence-electron chi connectivity index (χ2n) is 5.42. The Kier molecular flexibility index (Phi) is 5.16. The van der Waals surface area contributed by atoms with Crippen molar-refractivity contribution < 1.29 is 19.5 Å². The van der Waals surface area contributed by atoms with Crippen LogP contribution in [0.3, 0.4) is 0 Å². The molecule has 1 aromatic carbocycles. The molecule has 0 aliphatic carbocycles. The molecule has 1 heterocycles. The third kappa shape index (κ3) is 3.59. The van der Waals surface area contributed by atoms with E-state index < -0.39 is 23.8 Å². The third-order valence-corrected chi connectivity index (χ3v) is 4.38. The topological polar surface area (TPSA) is 77.9 Å². The molecule has 1 aliphatic rings. The van der Waals surface area contributed by atoms with Gasteiger partial charge in [-0.15, -0.1) is 0 Å². The third-order valence-electron chi connectivity index (χ3n) is 3.95. The van der Waals surface area contributed by atoms with Gasteiger partial charge < -0.3 is 14.9 Å². The van der Waals surface area contributed by atoms with E-state index in [-0.39, 0.29) is 5.91 Å². The van der Waals surface area contributed by atoms with Crippen LogP contribution in [0.15, 0.2) is 18.2 Å². The first-order valence-corrected chi connectivity index (χ1v) is 7.75. The van der Waals surface area contributed by atoms with Crippen LogP contribution in [-0.2, 0) is 14.4 Å². The summed E-state index contributed by atoms with van der Waals surface area (Å²) in [4.78, 5) is 38.4. The van der Waals surface area contributed by atoms with E-state index in [0.29, 0.717) is 28.7 Å². The van der Waals surface area contributed by atoms with Crippen molar-refractivity contribution in [1.82, 2.24) is 4.90 Å². The molecule has 1 fully saturated rings. The predicted molar refractivity (Wildman–Crippen MR) is 86.8 cm³/mol. The number of rotatable bonds is 4. The molecule has 1 aromatic rings. The molecule has 124 valence electrons. The van der Waals surface area contributed by atoms with Crippen LogP contribution >= 0.6 is 23.2 Å². The molecule has 6 nitrogen and oxygen atoms in total. The van der Waals surface area contributed by atoms with Crippen LogP contribution in [-0.4, -0.2) is 47.4 Å². The van der Waals surface area contributed by atoms with Gasteiger partial charge in [-0.3, -0.25) is 9.59 Å². The monoisotopic (exact) mass is 358 g/mol. The molecule has 2 rings (SSSR count). The summed E-state index contributed by atoms with van der Waals surface area (Å²) in [5, 5.41) is 9.77. The second-order valence-corrected chi connectivity index (χ2v) is 6.30. The summed E-state index contributed by atoms with van der Waals surface area (Å²) in [6.45, 7) is 1.75. The van der Waals surface area contributed by atoms with Crippen molar-refractivity contribution in [3.05, 3.63) is 28.2 Å². The molecule has 8 heteroatoms. The van der Waals surface area contributed by atoms with Gasteiger partial charge in [-0.2, -0.15) is 0 Å². The van der Waals surface area contributed by atoms with E-state index in [0.717, 1.165) is 4.90 Å². The Morgan fingerprint density at radius 1 is 1.30 bits per heavy atom. The number of aliphatic carboxylic acids is 1. The van der Waals surface area contributed by atoms with E-state index in [1.165, 1.54) is 18.9 Å². The number of amides is 2. The van der Waals surface area contributed by atoms with Gasteiger partial charge in [0.15, 0.2) is 0 Å². The highest BCUT2D eigenvalue weighted by Gasteiger charge is 2.40. The first kappa shape index (κ1) is 17.6. The number of carboxylic acids is 1. The molecule has 2 amide bonds. The first-order chi connectivity index (χ1) is 10.7.